The molecule has 1 unspecified atom stereocenters. The summed E-state index contributed by atoms with van der Waals surface area (Å²) in [6.45, 7) is 2.70. The first kappa shape index (κ1) is 14.3. The molecule has 2 nitrogen and oxygen atoms in total. The molecule has 0 saturated heterocycles. The predicted molar refractivity (Wildman–Crippen MR) is 87.7 cm³/mol. The molecule has 0 aromatic heterocycles. The zero-order chi connectivity index (χ0) is 13.7. The van der Waals surface area contributed by atoms with Gasteiger partial charge >= 0.3 is 0 Å². The van der Waals surface area contributed by atoms with E-state index in [0.717, 1.165) is 5.75 Å². The second-order valence-electron chi connectivity index (χ2n) is 4.25. The molecule has 0 radical (unpaired) electrons. The van der Waals surface area contributed by atoms with Gasteiger partial charge in [-0.1, -0.05) is 30.3 Å². The van der Waals surface area contributed by atoms with E-state index in [0.29, 0.717) is 6.61 Å². The molecule has 0 aliphatic carbocycles. The molecule has 0 saturated carbocycles. The first-order chi connectivity index (χ1) is 9.26. The average molecular weight is 367 g/mol. The van der Waals surface area contributed by atoms with E-state index in [2.05, 4.69) is 64.3 Å². The minimum absolute atomic E-state index is 0.212. The van der Waals surface area contributed by atoms with Crippen LogP contribution in [0.5, 0.6) is 5.75 Å². The molecule has 0 amide bonds. The number of hydrogen-bond donors (Lipinski definition) is 1. The summed E-state index contributed by atoms with van der Waals surface area (Å²) in [6.07, 6.45) is 0. The molecule has 2 aromatic carbocycles. The Balaban J connectivity index is 2.29. The zero-order valence-electron chi connectivity index (χ0n) is 11.2. The minimum Gasteiger partial charge on any atom is -0.494 e. The van der Waals surface area contributed by atoms with Gasteiger partial charge in [0.25, 0.3) is 0 Å². The van der Waals surface area contributed by atoms with E-state index in [-0.39, 0.29) is 6.04 Å². The van der Waals surface area contributed by atoms with Crippen molar-refractivity contribution in [1.29, 1.82) is 0 Å². The van der Waals surface area contributed by atoms with Gasteiger partial charge in [-0.3, -0.25) is 0 Å². The number of halogens is 1. The van der Waals surface area contributed by atoms with E-state index < -0.39 is 0 Å². The molecule has 0 fully saturated rings. The molecule has 19 heavy (non-hydrogen) atoms. The summed E-state index contributed by atoms with van der Waals surface area (Å²) >= 11 is 2.38. The molecule has 2 aromatic rings. The van der Waals surface area contributed by atoms with Crippen LogP contribution in [0.2, 0.25) is 0 Å². The van der Waals surface area contributed by atoms with Crippen molar-refractivity contribution in [2.75, 3.05) is 13.7 Å². The van der Waals surface area contributed by atoms with Crippen LogP contribution in [0.3, 0.4) is 0 Å². The summed E-state index contributed by atoms with van der Waals surface area (Å²) in [5.41, 5.74) is 2.55. The van der Waals surface area contributed by atoms with Gasteiger partial charge in [-0.15, -0.1) is 0 Å². The van der Waals surface area contributed by atoms with Crippen LogP contribution in [-0.2, 0) is 0 Å². The average Bonchev–Trinajstić information content (AvgIpc) is 2.44. The Labute approximate surface area is 128 Å². The third-order valence-corrected chi connectivity index (χ3v) is 4.01. The lowest BCUT2D eigenvalue weighted by Crippen LogP contribution is -2.18. The van der Waals surface area contributed by atoms with Crippen molar-refractivity contribution in [2.45, 2.75) is 13.0 Å². The van der Waals surface area contributed by atoms with Gasteiger partial charge in [0.2, 0.25) is 0 Å². The van der Waals surface area contributed by atoms with Gasteiger partial charge in [-0.2, -0.15) is 0 Å². The van der Waals surface area contributed by atoms with Crippen LogP contribution in [0.1, 0.15) is 24.1 Å². The summed E-state index contributed by atoms with van der Waals surface area (Å²) in [7, 11) is 1.99. The van der Waals surface area contributed by atoms with Crippen LogP contribution in [-0.4, -0.2) is 13.7 Å². The van der Waals surface area contributed by atoms with E-state index in [1.165, 1.54) is 14.7 Å². The van der Waals surface area contributed by atoms with Crippen LogP contribution in [0.4, 0.5) is 0 Å². The fraction of sp³-hybridized carbons (Fsp3) is 0.250. The van der Waals surface area contributed by atoms with Crippen molar-refractivity contribution in [3.8, 4) is 5.75 Å². The second-order valence-corrected chi connectivity index (χ2v) is 5.41. The summed E-state index contributed by atoms with van der Waals surface area (Å²) < 4.78 is 6.75. The molecule has 0 aliphatic rings. The third-order valence-electron chi connectivity index (χ3n) is 3.03. The van der Waals surface area contributed by atoms with Crippen molar-refractivity contribution in [3.63, 3.8) is 0 Å². The summed E-state index contributed by atoms with van der Waals surface area (Å²) in [6, 6.07) is 17.0. The van der Waals surface area contributed by atoms with Gasteiger partial charge in [0.15, 0.2) is 0 Å². The SMILES string of the molecule is CCOc1ccc(C(NC)c2ccccc2I)cc1. The minimum atomic E-state index is 0.212. The van der Waals surface area contributed by atoms with Crippen LogP contribution in [0.15, 0.2) is 48.5 Å². The van der Waals surface area contributed by atoms with Gasteiger partial charge in [0.1, 0.15) is 5.75 Å². The lowest BCUT2D eigenvalue weighted by atomic mass is 9.99. The van der Waals surface area contributed by atoms with E-state index >= 15 is 0 Å². The maximum absolute atomic E-state index is 5.48. The Morgan fingerprint density at radius 1 is 1.11 bits per heavy atom. The Morgan fingerprint density at radius 3 is 2.37 bits per heavy atom. The topological polar surface area (TPSA) is 21.3 Å². The number of ether oxygens (including phenoxy) is 1. The highest BCUT2D eigenvalue weighted by Gasteiger charge is 2.14. The number of hydrogen-bond acceptors (Lipinski definition) is 2. The van der Waals surface area contributed by atoms with Crippen LogP contribution >= 0.6 is 22.6 Å². The maximum Gasteiger partial charge on any atom is 0.119 e. The van der Waals surface area contributed by atoms with Gasteiger partial charge in [-0.05, 0) is 65.9 Å². The standard InChI is InChI=1S/C16H18INO/c1-3-19-13-10-8-12(9-11-13)16(18-2)14-6-4-5-7-15(14)17/h4-11,16,18H,3H2,1-2H3. The van der Waals surface area contributed by atoms with Crippen LogP contribution < -0.4 is 10.1 Å². The maximum atomic E-state index is 5.48. The van der Waals surface area contributed by atoms with Gasteiger partial charge in [0.05, 0.1) is 12.6 Å². The van der Waals surface area contributed by atoms with Gasteiger partial charge < -0.3 is 10.1 Å². The van der Waals surface area contributed by atoms with E-state index in [4.69, 9.17) is 4.74 Å². The number of nitrogens with one attached hydrogen (secondary N) is 1. The van der Waals surface area contributed by atoms with Crippen molar-refractivity contribution in [3.05, 3.63) is 63.2 Å². The highest BCUT2D eigenvalue weighted by molar-refractivity contribution is 14.1. The van der Waals surface area contributed by atoms with Gasteiger partial charge in [-0.25, -0.2) is 0 Å². The first-order valence-corrected chi connectivity index (χ1v) is 7.48. The molecule has 2 rings (SSSR count). The molecule has 3 heteroatoms. The Morgan fingerprint density at radius 2 is 1.79 bits per heavy atom. The van der Waals surface area contributed by atoms with Crippen molar-refractivity contribution >= 4 is 22.6 Å². The Hall–Kier alpha value is -1.07. The third kappa shape index (κ3) is 3.48. The largest absolute Gasteiger partial charge is 0.494 e. The molecule has 1 N–H and O–H groups in total. The second kappa shape index (κ2) is 6.91. The highest BCUT2D eigenvalue weighted by atomic mass is 127. The number of benzene rings is 2. The zero-order valence-corrected chi connectivity index (χ0v) is 13.3. The fourth-order valence-corrected chi connectivity index (χ4v) is 2.83. The molecule has 0 spiro atoms. The normalized spacial score (nSPS) is 12.2. The molecule has 1 atom stereocenters. The monoisotopic (exact) mass is 367 g/mol. The predicted octanol–water partition coefficient (Wildman–Crippen LogP) is 4.00. The molecule has 0 bridgehead atoms. The molecule has 100 valence electrons. The van der Waals surface area contributed by atoms with Crippen LogP contribution in [0.25, 0.3) is 0 Å². The molecule has 0 aliphatic heterocycles. The van der Waals surface area contributed by atoms with E-state index in [1.54, 1.807) is 0 Å². The molecular formula is C16H18INO. The smallest absolute Gasteiger partial charge is 0.119 e. The lowest BCUT2D eigenvalue weighted by molar-refractivity contribution is 0.340. The quantitative estimate of drug-likeness (QED) is 0.807. The van der Waals surface area contributed by atoms with Crippen molar-refractivity contribution in [2.24, 2.45) is 0 Å². The van der Waals surface area contributed by atoms with E-state index in [9.17, 15) is 0 Å². The van der Waals surface area contributed by atoms with Crippen molar-refractivity contribution in [1.82, 2.24) is 5.32 Å². The molecule has 0 heterocycles. The molecular weight excluding hydrogens is 349 g/mol. The highest BCUT2D eigenvalue weighted by Crippen LogP contribution is 2.27. The first-order valence-electron chi connectivity index (χ1n) is 6.40. The summed E-state index contributed by atoms with van der Waals surface area (Å²) in [5.74, 6) is 0.920. The fourth-order valence-electron chi connectivity index (χ4n) is 2.13. The summed E-state index contributed by atoms with van der Waals surface area (Å²) in [4.78, 5) is 0. The van der Waals surface area contributed by atoms with Gasteiger partial charge in [0, 0.05) is 3.57 Å². The lowest BCUT2D eigenvalue weighted by Gasteiger charge is -2.19. The van der Waals surface area contributed by atoms with Crippen LogP contribution in [0, 0.1) is 3.57 Å². The Kier molecular flexibility index (Phi) is 5.22. The Bertz CT molecular complexity index is 525. The van der Waals surface area contributed by atoms with Crippen molar-refractivity contribution < 1.29 is 4.74 Å². The number of rotatable bonds is 5. The summed E-state index contributed by atoms with van der Waals surface area (Å²) in [5, 5.41) is 3.38. The van der Waals surface area contributed by atoms with E-state index in [1.807, 2.05) is 26.1 Å².